The molecule has 1 aromatic heterocycles. The molecule has 0 bridgehead atoms. The summed E-state index contributed by atoms with van der Waals surface area (Å²) in [6.07, 6.45) is 4.68. The molecule has 1 atom stereocenters. The number of anilines is 1. The van der Waals surface area contributed by atoms with E-state index >= 15 is 0 Å². The second-order valence-electron chi connectivity index (χ2n) is 5.40. The average molecular weight is 325 g/mol. The molecule has 2 rings (SSSR count). The van der Waals surface area contributed by atoms with Crippen molar-refractivity contribution in [2.24, 2.45) is 0 Å². The first kappa shape index (κ1) is 17.7. The Kier molecular flexibility index (Phi) is 6.98. The summed E-state index contributed by atoms with van der Waals surface area (Å²) in [4.78, 5) is 16.2. The molecule has 3 N–H and O–H groups in total. The number of aliphatic hydroxyl groups is 1. The third kappa shape index (κ3) is 5.21. The van der Waals surface area contributed by atoms with Crippen molar-refractivity contribution in [1.29, 1.82) is 0 Å². The fourth-order valence-corrected chi connectivity index (χ4v) is 2.36. The highest BCUT2D eigenvalue weighted by molar-refractivity contribution is 5.94. The van der Waals surface area contributed by atoms with Crippen molar-refractivity contribution in [2.45, 2.75) is 18.9 Å². The van der Waals surface area contributed by atoms with Crippen LogP contribution in [0.25, 0.3) is 0 Å². The highest BCUT2D eigenvalue weighted by Gasteiger charge is 2.12. The fourth-order valence-electron chi connectivity index (χ4n) is 2.36. The van der Waals surface area contributed by atoms with Gasteiger partial charge in [-0.05, 0) is 30.5 Å². The van der Waals surface area contributed by atoms with Gasteiger partial charge in [0.25, 0.3) is 5.91 Å². The van der Waals surface area contributed by atoms with Crippen LogP contribution in [0.4, 0.5) is 5.82 Å². The predicted octanol–water partition coefficient (Wildman–Crippen LogP) is 2.92. The molecule has 24 heavy (non-hydrogen) atoms. The van der Waals surface area contributed by atoms with Crippen LogP contribution in [0.5, 0.6) is 0 Å². The van der Waals surface area contributed by atoms with Gasteiger partial charge in [-0.2, -0.15) is 0 Å². The van der Waals surface area contributed by atoms with Crippen molar-refractivity contribution in [3.63, 3.8) is 0 Å². The van der Waals surface area contributed by atoms with Gasteiger partial charge in [-0.1, -0.05) is 36.4 Å². The zero-order chi connectivity index (χ0) is 17.2. The molecule has 0 aliphatic carbocycles. The number of amides is 1. The minimum atomic E-state index is -0.172. The normalized spacial score (nSPS) is 11.5. The van der Waals surface area contributed by atoms with E-state index in [1.54, 1.807) is 24.4 Å². The largest absolute Gasteiger partial charge is 0.396 e. The van der Waals surface area contributed by atoms with E-state index in [4.69, 9.17) is 5.11 Å². The summed E-state index contributed by atoms with van der Waals surface area (Å²) in [6, 6.07) is 13.6. The molecule has 0 aliphatic heterocycles. The van der Waals surface area contributed by atoms with Gasteiger partial charge in [0.2, 0.25) is 0 Å². The van der Waals surface area contributed by atoms with Gasteiger partial charge in [0.05, 0.1) is 11.6 Å². The van der Waals surface area contributed by atoms with E-state index in [2.05, 4.69) is 22.2 Å². The number of pyridine rings is 1. The van der Waals surface area contributed by atoms with Crippen LogP contribution in [0.1, 0.15) is 34.8 Å². The molecule has 1 amide bonds. The van der Waals surface area contributed by atoms with Gasteiger partial charge in [-0.3, -0.25) is 4.79 Å². The van der Waals surface area contributed by atoms with E-state index in [0.29, 0.717) is 24.3 Å². The number of carbonyl (C=O) groups excluding carboxylic acids is 1. The van der Waals surface area contributed by atoms with Crippen molar-refractivity contribution >= 4 is 11.7 Å². The van der Waals surface area contributed by atoms with Crippen molar-refractivity contribution in [3.05, 3.63) is 72.4 Å². The van der Waals surface area contributed by atoms with E-state index in [0.717, 1.165) is 12.0 Å². The molecule has 5 heteroatoms. The number of carbonyl (C=O) groups is 1. The van der Waals surface area contributed by atoms with Crippen LogP contribution in [0.3, 0.4) is 0 Å². The lowest BCUT2D eigenvalue weighted by molar-refractivity contribution is 0.0957. The van der Waals surface area contributed by atoms with E-state index in [1.165, 1.54) is 0 Å². The van der Waals surface area contributed by atoms with Crippen LogP contribution < -0.4 is 10.6 Å². The van der Waals surface area contributed by atoms with Gasteiger partial charge in [-0.15, -0.1) is 6.58 Å². The summed E-state index contributed by atoms with van der Waals surface area (Å²) in [5, 5.41) is 15.2. The number of aromatic nitrogens is 1. The van der Waals surface area contributed by atoms with Gasteiger partial charge >= 0.3 is 0 Å². The number of aliphatic hydroxyl groups excluding tert-OH is 1. The summed E-state index contributed by atoms with van der Waals surface area (Å²) in [6.45, 7) is 4.15. The molecule has 0 spiro atoms. The van der Waals surface area contributed by atoms with Gasteiger partial charge in [0.1, 0.15) is 5.82 Å². The Morgan fingerprint density at radius 2 is 2.04 bits per heavy atom. The Balaban J connectivity index is 2.06. The molecule has 0 radical (unpaired) electrons. The zero-order valence-corrected chi connectivity index (χ0v) is 13.6. The van der Waals surface area contributed by atoms with Crippen LogP contribution >= 0.6 is 0 Å². The third-order valence-corrected chi connectivity index (χ3v) is 3.61. The van der Waals surface area contributed by atoms with Gasteiger partial charge in [-0.25, -0.2) is 4.98 Å². The number of nitrogens with zero attached hydrogens (tertiary/aromatic N) is 1. The average Bonchev–Trinajstić information content (AvgIpc) is 2.64. The van der Waals surface area contributed by atoms with Crippen LogP contribution in [0.15, 0.2) is 61.3 Å². The van der Waals surface area contributed by atoms with Crippen molar-refractivity contribution in [2.75, 3.05) is 18.5 Å². The Morgan fingerprint density at radius 3 is 2.67 bits per heavy atom. The maximum absolute atomic E-state index is 11.9. The second kappa shape index (κ2) is 9.47. The topological polar surface area (TPSA) is 74.2 Å². The molecule has 2 aromatic rings. The molecule has 1 aromatic carbocycles. The molecular weight excluding hydrogens is 302 g/mol. The molecule has 0 saturated heterocycles. The first-order chi connectivity index (χ1) is 11.7. The molecule has 0 saturated carbocycles. The minimum absolute atomic E-state index is 0.0614. The first-order valence-corrected chi connectivity index (χ1v) is 8.02. The monoisotopic (exact) mass is 325 g/mol. The van der Waals surface area contributed by atoms with E-state index in [1.807, 2.05) is 30.3 Å². The molecule has 0 fully saturated rings. The lowest BCUT2D eigenvalue weighted by Crippen LogP contribution is -2.23. The summed E-state index contributed by atoms with van der Waals surface area (Å²) in [7, 11) is 0. The molecule has 126 valence electrons. The van der Waals surface area contributed by atoms with Gasteiger partial charge in [0, 0.05) is 19.3 Å². The maximum atomic E-state index is 11.9. The lowest BCUT2D eigenvalue weighted by Gasteiger charge is -2.19. The second-order valence-corrected chi connectivity index (χ2v) is 5.40. The summed E-state index contributed by atoms with van der Waals surface area (Å²) >= 11 is 0. The van der Waals surface area contributed by atoms with Crippen LogP contribution in [-0.4, -0.2) is 29.1 Å². The minimum Gasteiger partial charge on any atom is -0.396 e. The van der Waals surface area contributed by atoms with Crippen molar-refractivity contribution in [1.82, 2.24) is 10.3 Å². The Bertz CT molecular complexity index is 641. The zero-order valence-electron chi connectivity index (χ0n) is 13.6. The van der Waals surface area contributed by atoms with E-state index < -0.39 is 0 Å². The van der Waals surface area contributed by atoms with Crippen molar-refractivity contribution in [3.8, 4) is 0 Å². The molecular formula is C19H23N3O2. The molecule has 0 aliphatic rings. The number of rotatable bonds is 9. The summed E-state index contributed by atoms with van der Waals surface area (Å²) in [5.74, 6) is 0.524. The molecule has 1 unspecified atom stereocenters. The smallest absolute Gasteiger partial charge is 0.253 e. The predicted molar refractivity (Wildman–Crippen MR) is 95.9 cm³/mol. The molecule has 1 heterocycles. The quantitative estimate of drug-likeness (QED) is 0.620. The SMILES string of the molecule is C=CCNC(=O)c1ccc(NC(CCCO)c2ccccc2)nc1. The number of hydrogen-bond donors (Lipinski definition) is 3. The molecule has 5 nitrogen and oxygen atoms in total. The van der Waals surface area contributed by atoms with Crippen LogP contribution in [0, 0.1) is 0 Å². The highest BCUT2D eigenvalue weighted by Crippen LogP contribution is 2.22. The van der Waals surface area contributed by atoms with Gasteiger partial charge < -0.3 is 15.7 Å². The lowest BCUT2D eigenvalue weighted by atomic mass is 10.0. The first-order valence-electron chi connectivity index (χ1n) is 8.02. The Labute approximate surface area is 142 Å². The fraction of sp³-hybridized carbons (Fsp3) is 0.263. The van der Waals surface area contributed by atoms with E-state index in [-0.39, 0.29) is 18.6 Å². The number of hydrogen-bond acceptors (Lipinski definition) is 4. The highest BCUT2D eigenvalue weighted by atomic mass is 16.2. The Hall–Kier alpha value is -2.66. The van der Waals surface area contributed by atoms with Crippen molar-refractivity contribution < 1.29 is 9.90 Å². The number of nitrogens with one attached hydrogen (secondary N) is 2. The van der Waals surface area contributed by atoms with Crippen LogP contribution in [-0.2, 0) is 0 Å². The number of benzene rings is 1. The summed E-state index contributed by atoms with van der Waals surface area (Å²) < 4.78 is 0. The third-order valence-electron chi connectivity index (χ3n) is 3.61. The summed E-state index contributed by atoms with van der Waals surface area (Å²) in [5.41, 5.74) is 1.65. The maximum Gasteiger partial charge on any atom is 0.253 e. The van der Waals surface area contributed by atoms with Gasteiger partial charge in [0.15, 0.2) is 0 Å². The van der Waals surface area contributed by atoms with E-state index in [9.17, 15) is 4.79 Å². The van der Waals surface area contributed by atoms with Crippen LogP contribution in [0.2, 0.25) is 0 Å². The Morgan fingerprint density at radius 1 is 1.25 bits per heavy atom. The standard InChI is InChI=1S/C19H23N3O2/c1-2-12-20-19(24)16-10-11-18(21-14-16)22-17(9-6-13-23)15-7-4-3-5-8-15/h2-5,7-8,10-11,14,17,23H,1,6,9,12-13H2,(H,20,24)(H,21,22).